The van der Waals surface area contributed by atoms with Crippen molar-refractivity contribution in [2.24, 2.45) is 4.99 Å². The lowest BCUT2D eigenvalue weighted by Crippen LogP contribution is -2.21. The van der Waals surface area contributed by atoms with Crippen LogP contribution in [0, 0.1) is 0 Å². The summed E-state index contributed by atoms with van der Waals surface area (Å²) in [5.41, 5.74) is 0.482. The summed E-state index contributed by atoms with van der Waals surface area (Å²) in [4.78, 5) is 4.13. The van der Waals surface area contributed by atoms with Crippen molar-refractivity contribution in [1.82, 2.24) is 0 Å². The van der Waals surface area contributed by atoms with Crippen molar-refractivity contribution in [3.63, 3.8) is 0 Å². The summed E-state index contributed by atoms with van der Waals surface area (Å²) in [6.45, 7) is 2.41. The molecule has 0 fully saturated rings. The van der Waals surface area contributed by atoms with Crippen LogP contribution in [0.4, 0.5) is 0 Å². The van der Waals surface area contributed by atoms with Gasteiger partial charge in [0, 0.05) is 15.6 Å². The van der Waals surface area contributed by atoms with Gasteiger partial charge in [-0.3, -0.25) is 0 Å². The lowest BCUT2D eigenvalue weighted by atomic mass is 9.94. The Kier molecular flexibility index (Phi) is 2.41. The summed E-state index contributed by atoms with van der Waals surface area (Å²) in [5, 5.41) is 1.23. The standard InChI is InChI=1S/C10H8Cl2NO/c1-10(5-14-6-13-10)8-3-2-7(11)4-9(8)12/h2-4H,5H2,1H3. The van der Waals surface area contributed by atoms with Gasteiger partial charge in [0.1, 0.15) is 12.1 Å². The minimum Gasteiger partial charge on any atom is -0.471 e. The maximum Gasteiger partial charge on any atom is 0.274 e. The molecule has 0 bridgehead atoms. The van der Waals surface area contributed by atoms with Crippen LogP contribution in [0.3, 0.4) is 0 Å². The normalized spacial score (nSPS) is 25.1. The average molecular weight is 229 g/mol. The summed E-state index contributed by atoms with van der Waals surface area (Å²) < 4.78 is 4.99. The lowest BCUT2D eigenvalue weighted by molar-refractivity contribution is 0.276. The zero-order chi connectivity index (χ0) is 10.2. The molecule has 0 aliphatic carbocycles. The first-order chi connectivity index (χ1) is 6.62. The Balaban J connectivity index is 2.46. The molecule has 2 rings (SSSR count). The van der Waals surface area contributed by atoms with Crippen molar-refractivity contribution < 1.29 is 4.74 Å². The fourth-order valence-corrected chi connectivity index (χ4v) is 2.01. The van der Waals surface area contributed by atoms with Crippen LogP contribution in [0.15, 0.2) is 23.2 Å². The van der Waals surface area contributed by atoms with E-state index in [1.165, 1.54) is 0 Å². The SMILES string of the molecule is CC1(c2ccc(Cl)cc2Cl)CO[C]=N1. The summed E-state index contributed by atoms with van der Waals surface area (Å²) in [6.07, 6.45) is 2.49. The molecular formula is C10H8Cl2NO. The molecule has 0 spiro atoms. The first kappa shape index (κ1) is 9.81. The highest BCUT2D eigenvalue weighted by Crippen LogP contribution is 2.34. The van der Waals surface area contributed by atoms with Gasteiger partial charge in [0.15, 0.2) is 0 Å². The van der Waals surface area contributed by atoms with E-state index in [-0.39, 0.29) is 0 Å². The van der Waals surface area contributed by atoms with Crippen LogP contribution in [0.2, 0.25) is 10.0 Å². The quantitative estimate of drug-likeness (QED) is 0.724. The number of aliphatic imine (C=N–C) groups is 1. The summed E-state index contributed by atoms with van der Waals surface area (Å²) in [6, 6.07) is 5.36. The molecule has 1 aromatic rings. The van der Waals surface area contributed by atoms with Gasteiger partial charge in [-0.2, -0.15) is 0 Å². The van der Waals surface area contributed by atoms with Gasteiger partial charge in [-0.15, -0.1) is 0 Å². The van der Waals surface area contributed by atoms with Gasteiger partial charge in [0.05, 0.1) is 0 Å². The van der Waals surface area contributed by atoms with Crippen molar-refractivity contribution in [2.45, 2.75) is 12.5 Å². The van der Waals surface area contributed by atoms with Gasteiger partial charge in [-0.25, -0.2) is 4.99 Å². The van der Waals surface area contributed by atoms with Crippen LogP contribution in [-0.2, 0) is 10.3 Å². The molecule has 1 radical (unpaired) electrons. The van der Waals surface area contributed by atoms with Crippen molar-refractivity contribution in [1.29, 1.82) is 0 Å². The Bertz CT molecular complexity index is 392. The average Bonchev–Trinajstić information content (AvgIpc) is 2.52. The molecule has 1 heterocycles. The number of nitrogens with zero attached hydrogens (tertiary/aromatic N) is 1. The molecule has 0 saturated carbocycles. The monoisotopic (exact) mass is 228 g/mol. The summed E-state index contributed by atoms with van der Waals surface area (Å²) >= 11 is 11.9. The highest BCUT2D eigenvalue weighted by molar-refractivity contribution is 6.35. The van der Waals surface area contributed by atoms with Crippen LogP contribution >= 0.6 is 23.2 Å². The number of benzene rings is 1. The van der Waals surface area contributed by atoms with Gasteiger partial charge in [0.25, 0.3) is 6.40 Å². The smallest absolute Gasteiger partial charge is 0.274 e. The van der Waals surface area contributed by atoms with Crippen molar-refractivity contribution >= 4 is 29.6 Å². The number of hydrogen-bond acceptors (Lipinski definition) is 2. The van der Waals surface area contributed by atoms with Gasteiger partial charge >= 0.3 is 0 Å². The number of hydrogen-bond donors (Lipinski definition) is 0. The minimum atomic E-state index is -0.429. The highest BCUT2D eigenvalue weighted by Gasteiger charge is 2.32. The molecule has 4 heteroatoms. The topological polar surface area (TPSA) is 21.6 Å². The Morgan fingerprint density at radius 2 is 2.29 bits per heavy atom. The van der Waals surface area contributed by atoms with E-state index in [1.54, 1.807) is 12.1 Å². The molecule has 73 valence electrons. The highest BCUT2D eigenvalue weighted by atomic mass is 35.5. The van der Waals surface area contributed by atoms with Crippen LogP contribution in [-0.4, -0.2) is 13.0 Å². The number of ether oxygens (including phenoxy) is 1. The second-order valence-corrected chi connectivity index (χ2v) is 4.23. The molecule has 1 aromatic carbocycles. The third-order valence-corrected chi connectivity index (χ3v) is 2.77. The largest absolute Gasteiger partial charge is 0.471 e. The van der Waals surface area contributed by atoms with E-state index < -0.39 is 5.54 Å². The molecule has 14 heavy (non-hydrogen) atoms. The third kappa shape index (κ3) is 1.60. The molecule has 0 N–H and O–H groups in total. The Labute approximate surface area is 92.5 Å². The predicted molar refractivity (Wildman–Crippen MR) is 57.2 cm³/mol. The van der Waals surface area contributed by atoms with Crippen LogP contribution in [0.25, 0.3) is 0 Å². The van der Waals surface area contributed by atoms with Gasteiger partial charge in [-0.05, 0) is 19.1 Å². The zero-order valence-corrected chi connectivity index (χ0v) is 9.06. The molecule has 2 nitrogen and oxygen atoms in total. The number of halogens is 2. The van der Waals surface area contributed by atoms with E-state index in [4.69, 9.17) is 27.9 Å². The molecule has 0 saturated heterocycles. The van der Waals surface area contributed by atoms with Crippen molar-refractivity contribution in [2.75, 3.05) is 6.61 Å². The van der Waals surface area contributed by atoms with Crippen molar-refractivity contribution in [3.8, 4) is 0 Å². The van der Waals surface area contributed by atoms with Crippen molar-refractivity contribution in [3.05, 3.63) is 33.8 Å². The van der Waals surface area contributed by atoms with E-state index in [2.05, 4.69) is 11.4 Å². The van der Waals surface area contributed by atoms with E-state index in [0.29, 0.717) is 16.7 Å². The van der Waals surface area contributed by atoms with Gasteiger partial charge in [0.2, 0.25) is 0 Å². The number of rotatable bonds is 1. The fraction of sp³-hybridized carbons (Fsp3) is 0.300. The van der Waals surface area contributed by atoms with Gasteiger partial charge in [-0.1, -0.05) is 29.3 Å². The van der Waals surface area contributed by atoms with E-state index in [1.807, 2.05) is 13.0 Å². The van der Waals surface area contributed by atoms with Crippen LogP contribution in [0.5, 0.6) is 0 Å². The molecule has 0 aromatic heterocycles. The molecular weight excluding hydrogens is 221 g/mol. The maximum atomic E-state index is 6.07. The zero-order valence-electron chi connectivity index (χ0n) is 7.55. The van der Waals surface area contributed by atoms with Gasteiger partial charge < -0.3 is 4.74 Å². The molecule has 1 atom stereocenters. The third-order valence-electron chi connectivity index (χ3n) is 2.22. The Hall–Kier alpha value is -0.730. The van der Waals surface area contributed by atoms with E-state index >= 15 is 0 Å². The first-order valence-electron chi connectivity index (χ1n) is 4.16. The Morgan fingerprint density at radius 3 is 2.86 bits per heavy atom. The lowest BCUT2D eigenvalue weighted by Gasteiger charge is -2.20. The van der Waals surface area contributed by atoms with Crippen LogP contribution < -0.4 is 0 Å². The molecule has 1 aliphatic heterocycles. The Morgan fingerprint density at radius 1 is 1.50 bits per heavy atom. The second-order valence-electron chi connectivity index (χ2n) is 3.39. The van der Waals surface area contributed by atoms with E-state index in [9.17, 15) is 0 Å². The summed E-state index contributed by atoms with van der Waals surface area (Å²) in [7, 11) is 0. The second kappa shape index (κ2) is 3.44. The molecule has 1 aliphatic rings. The van der Waals surface area contributed by atoms with Crippen LogP contribution in [0.1, 0.15) is 12.5 Å². The predicted octanol–water partition coefficient (Wildman–Crippen LogP) is 3.14. The molecule has 1 unspecified atom stereocenters. The summed E-state index contributed by atoms with van der Waals surface area (Å²) in [5.74, 6) is 0. The fourth-order valence-electron chi connectivity index (χ4n) is 1.40. The molecule has 0 amide bonds. The maximum absolute atomic E-state index is 6.07. The first-order valence-corrected chi connectivity index (χ1v) is 4.92. The minimum absolute atomic E-state index is 0.429. The van der Waals surface area contributed by atoms with E-state index in [0.717, 1.165) is 5.56 Å².